The average molecular weight is 1320 g/mol. The minimum absolute atomic E-state index is 0. The second-order valence-corrected chi connectivity index (χ2v) is 28.9. The van der Waals surface area contributed by atoms with E-state index in [-0.39, 0.29) is 173 Å². The van der Waals surface area contributed by atoms with E-state index >= 15 is 0 Å². The summed E-state index contributed by atoms with van der Waals surface area (Å²) in [7, 11) is -30.1. The molecule has 0 saturated carbocycles. The van der Waals surface area contributed by atoms with Gasteiger partial charge in [0, 0.05) is 0 Å². The van der Waals surface area contributed by atoms with E-state index in [1.165, 1.54) is 0 Å². The van der Waals surface area contributed by atoms with Gasteiger partial charge in [-0.05, 0) is 167 Å². The van der Waals surface area contributed by atoms with Crippen molar-refractivity contribution in [1.29, 1.82) is 0 Å². The summed E-state index contributed by atoms with van der Waals surface area (Å²) in [5.74, 6) is 4.14. The second kappa shape index (κ2) is 36.3. The van der Waals surface area contributed by atoms with E-state index in [4.69, 9.17) is 43.6 Å². The molecule has 0 spiro atoms. The van der Waals surface area contributed by atoms with Crippen LogP contribution in [0.4, 0.5) is 0 Å². The van der Waals surface area contributed by atoms with Crippen molar-refractivity contribution in [2.75, 3.05) is 0 Å². The molecule has 0 aliphatic rings. The standard InChI is InChI=1S/3C17H21O7PS.3K/c3*1-13-5-2-3-7-16(13)24-15-11-9-14(10-12-15)6-4-8-17(25(18,19)20)26(21,22)23;;;/h3*2-3,5,7,9-12,17H,4,6,8H2,1H3,(H2,18,19,20)(H,21,22,23);;;/q;;;3*+1/p-3. The van der Waals surface area contributed by atoms with Crippen LogP contribution in [-0.4, -0.2) is 83.2 Å². The molecule has 21 nitrogen and oxygen atoms in total. The molecule has 426 valence electrons. The first-order chi connectivity index (χ1) is 36.2. The van der Waals surface area contributed by atoms with Crippen molar-refractivity contribution >= 4 is 53.1 Å². The van der Waals surface area contributed by atoms with Gasteiger partial charge in [0.15, 0.2) is 15.0 Å². The van der Waals surface area contributed by atoms with Crippen molar-refractivity contribution in [2.24, 2.45) is 0 Å². The number of para-hydroxylation sites is 3. The summed E-state index contributed by atoms with van der Waals surface area (Å²) in [5, 5.41) is 0. The molecule has 0 fully saturated rings. The third kappa shape index (κ3) is 29.1. The van der Waals surface area contributed by atoms with Crippen LogP contribution in [0.1, 0.15) is 71.9 Å². The average Bonchev–Trinajstić information content (AvgIpc) is 3.32. The molecule has 3 atom stereocenters. The van der Waals surface area contributed by atoms with Crippen molar-refractivity contribution in [1.82, 2.24) is 0 Å². The molecule has 6 rings (SSSR count). The molecule has 6 N–H and O–H groups in total. The fourth-order valence-electron chi connectivity index (χ4n) is 7.45. The van der Waals surface area contributed by atoms with Gasteiger partial charge in [0.05, 0.1) is 0 Å². The van der Waals surface area contributed by atoms with Gasteiger partial charge in [-0.15, -0.1) is 0 Å². The molecule has 6 aromatic carbocycles. The largest absolute Gasteiger partial charge is 1.00 e. The van der Waals surface area contributed by atoms with E-state index in [2.05, 4.69) is 0 Å². The van der Waals surface area contributed by atoms with Crippen molar-refractivity contribution in [2.45, 2.75) is 93.5 Å². The van der Waals surface area contributed by atoms with Crippen LogP contribution in [0.2, 0.25) is 0 Å². The van der Waals surface area contributed by atoms with Gasteiger partial charge in [0.25, 0.3) is 0 Å². The van der Waals surface area contributed by atoms with Gasteiger partial charge in [0.2, 0.25) is 0 Å². The van der Waals surface area contributed by atoms with E-state index in [9.17, 15) is 52.6 Å². The SMILES string of the molecule is Cc1ccccc1Oc1ccc(CCCC(P(=O)(O)O)S(=O)(=O)[O-])cc1.Cc1ccccc1Oc1ccc(CCCC(P(=O)(O)O)S(=O)(=O)[O-])cc1.Cc1ccccc1Oc1ccc(CCCC(P(=O)(O)O)S(=O)(=O)[O-])cc1.[K+].[K+].[K+]. The van der Waals surface area contributed by atoms with Gasteiger partial charge < -0.3 is 57.2 Å². The molecular weight excluding hydrogens is 1250 g/mol. The predicted molar refractivity (Wildman–Crippen MR) is 288 cm³/mol. The van der Waals surface area contributed by atoms with Gasteiger partial charge in [-0.2, -0.15) is 0 Å². The van der Waals surface area contributed by atoms with Gasteiger partial charge >= 0.3 is 177 Å². The topological polar surface area (TPSA) is 372 Å². The second-order valence-electron chi connectivity index (χ2n) is 17.8. The smallest absolute Gasteiger partial charge is 0.747 e. The maximum absolute atomic E-state index is 11.2. The predicted octanol–water partition coefficient (Wildman–Crippen LogP) is 0.489. The minimum Gasteiger partial charge on any atom is -0.747 e. The van der Waals surface area contributed by atoms with Crippen LogP contribution in [0, 0.1) is 20.8 Å². The van der Waals surface area contributed by atoms with Gasteiger partial charge in [-0.3, -0.25) is 13.7 Å². The quantitative estimate of drug-likeness (QED) is 0.0273. The van der Waals surface area contributed by atoms with Crippen LogP contribution in [-0.2, 0) is 63.3 Å². The number of ether oxygens (including phenoxy) is 3. The summed E-state index contributed by atoms with van der Waals surface area (Å²) in [6.07, 6.45) is 0.469. The Morgan fingerprint density at radius 1 is 0.370 bits per heavy atom. The Morgan fingerprint density at radius 2 is 0.568 bits per heavy atom. The maximum atomic E-state index is 11.2. The summed E-state index contributed by atoms with van der Waals surface area (Å²) in [6.45, 7) is 5.81. The molecule has 0 aliphatic carbocycles. The van der Waals surface area contributed by atoms with E-state index in [1.54, 1.807) is 72.8 Å². The summed E-state index contributed by atoms with van der Waals surface area (Å²) < 4.78 is 150. The van der Waals surface area contributed by atoms with Crippen LogP contribution in [0.3, 0.4) is 0 Å². The Morgan fingerprint density at radius 3 is 0.741 bits per heavy atom. The summed E-state index contributed by atoms with van der Waals surface area (Å²) >= 11 is 0. The third-order valence-corrected chi connectivity index (χ3v) is 22.1. The van der Waals surface area contributed by atoms with Crippen LogP contribution in [0.15, 0.2) is 146 Å². The third-order valence-electron chi connectivity index (χ3n) is 11.6. The van der Waals surface area contributed by atoms with E-state index in [0.717, 1.165) is 50.6 Å². The first kappa shape index (κ1) is 78.8. The monoisotopic (exact) mass is 1310 g/mol. The number of rotatable bonds is 24. The number of aryl methyl sites for hydroxylation is 6. The summed E-state index contributed by atoms with van der Waals surface area (Å²) in [5.41, 5.74) is 5.52. The Kier molecular flexibility index (Phi) is 35.4. The van der Waals surface area contributed by atoms with Gasteiger partial charge in [0.1, 0.15) is 64.9 Å². The first-order valence-corrected chi connectivity index (χ1v) is 33.1. The first-order valence-electron chi connectivity index (χ1n) is 23.7. The van der Waals surface area contributed by atoms with Crippen molar-refractivity contribution in [3.8, 4) is 34.5 Å². The van der Waals surface area contributed by atoms with Crippen LogP contribution < -0.4 is 168 Å². The molecular formula is C51H60K3O21P3S3. The van der Waals surface area contributed by atoms with Crippen molar-refractivity contribution < 1.29 is 250 Å². The van der Waals surface area contributed by atoms with Crippen LogP contribution in [0.25, 0.3) is 0 Å². The molecule has 0 amide bonds. The Balaban J connectivity index is 0.000000596. The molecule has 81 heavy (non-hydrogen) atoms. The zero-order valence-corrected chi connectivity index (χ0v) is 59.8. The van der Waals surface area contributed by atoms with Gasteiger partial charge in [-0.1, -0.05) is 91.0 Å². The minimum atomic E-state index is -5.06. The van der Waals surface area contributed by atoms with Crippen molar-refractivity contribution in [3.05, 3.63) is 179 Å². The van der Waals surface area contributed by atoms with Crippen LogP contribution >= 0.6 is 22.8 Å². The summed E-state index contributed by atoms with van der Waals surface area (Å²) in [6, 6.07) is 44.0. The number of hydrogen-bond donors (Lipinski definition) is 6. The molecule has 3 unspecified atom stereocenters. The van der Waals surface area contributed by atoms with Gasteiger partial charge in [-0.25, -0.2) is 25.3 Å². The molecule has 0 heterocycles. The molecule has 30 heteroatoms. The van der Waals surface area contributed by atoms with E-state index in [0.29, 0.717) is 36.5 Å². The molecule has 6 aromatic rings. The van der Waals surface area contributed by atoms with E-state index < -0.39 is 87.4 Å². The normalized spacial score (nSPS) is 12.9. The fourth-order valence-corrected chi connectivity index (χ4v) is 14.4. The molecule has 0 aromatic heterocycles. The molecule has 0 saturated heterocycles. The Hall–Kier alpha value is -0.191. The zero-order chi connectivity index (χ0) is 58.1. The number of benzene rings is 6. The molecule has 0 aliphatic heterocycles. The Labute approximate surface area is 600 Å². The zero-order valence-electron chi connectivity index (χ0n) is 45.3. The van der Waals surface area contributed by atoms with Crippen LogP contribution in [0.5, 0.6) is 34.5 Å². The maximum Gasteiger partial charge on any atom is 1.00 e. The summed E-state index contributed by atoms with van der Waals surface area (Å²) in [4.78, 5) is 47.6. The van der Waals surface area contributed by atoms with Crippen molar-refractivity contribution in [3.63, 3.8) is 0 Å². The number of hydrogen-bond acceptors (Lipinski definition) is 15. The van der Waals surface area contributed by atoms with E-state index in [1.807, 2.05) is 93.6 Å². The molecule has 0 bridgehead atoms. The Bertz CT molecular complexity index is 3040. The fraction of sp³-hybridized carbons (Fsp3) is 0.294. The molecule has 0 radical (unpaired) electrons.